The Morgan fingerprint density at radius 2 is 1.16 bits per heavy atom. The van der Waals surface area contributed by atoms with Crippen molar-refractivity contribution in [2.24, 2.45) is 0 Å². The second-order valence-corrected chi connectivity index (χ2v) is 4.96. The summed E-state index contributed by atoms with van der Waals surface area (Å²) in [5, 5.41) is 6.71. The maximum absolute atomic E-state index is 6.19. The van der Waals surface area contributed by atoms with Crippen molar-refractivity contribution in [3.8, 4) is 0 Å². The molecule has 0 saturated carbocycles. The van der Waals surface area contributed by atoms with Crippen molar-refractivity contribution in [1.82, 2.24) is 20.4 Å². The Balaban J connectivity index is 1.90. The molecule has 0 radical (unpaired) electrons. The Kier molecular flexibility index (Phi) is 6.00. The van der Waals surface area contributed by atoms with Gasteiger partial charge in [0.25, 0.3) is 0 Å². The van der Waals surface area contributed by atoms with Gasteiger partial charge in [0.2, 0.25) is 0 Å². The molecule has 0 aliphatic carbocycles. The molecule has 2 unspecified atom stereocenters. The average molecular weight is 266 g/mol. The highest BCUT2D eigenvalue weighted by Crippen LogP contribution is 2.12. The number of piperazine rings is 2. The first-order chi connectivity index (χ1) is 9.35. The minimum absolute atomic E-state index is 0.0278. The molecule has 2 aliphatic heterocycles. The molecule has 2 rings (SSSR count). The second-order valence-electron chi connectivity index (χ2n) is 4.96. The monoisotopic (exact) mass is 266 g/mol. The van der Waals surface area contributed by atoms with Crippen molar-refractivity contribution in [3.63, 3.8) is 0 Å². The maximum Gasteiger partial charge on any atom is 0.132 e. The molecule has 5 nitrogen and oxygen atoms in total. The zero-order valence-corrected chi connectivity index (χ0v) is 11.7. The molecule has 19 heavy (non-hydrogen) atoms. The van der Waals surface area contributed by atoms with Gasteiger partial charge in [-0.3, -0.25) is 9.80 Å². The van der Waals surface area contributed by atoms with Crippen molar-refractivity contribution < 1.29 is 4.74 Å². The summed E-state index contributed by atoms with van der Waals surface area (Å²) in [6.45, 7) is 15.9. The first kappa shape index (κ1) is 14.7. The summed E-state index contributed by atoms with van der Waals surface area (Å²) in [6.07, 6.45) is 3.73. The van der Waals surface area contributed by atoms with Crippen LogP contribution in [0, 0.1) is 0 Å². The van der Waals surface area contributed by atoms with Crippen LogP contribution >= 0.6 is 0 Å². The standard InChI is InChI=1S/C14H26N4O/c1-3-13(17-9-5-15-6-10-17)19-14(4-2)18-11-7-16-8-12-18/h3-4,13-16H,1-2,5-12H2. The molecule has 108 valence electrons. The second kappa shape index (κ2) is 7.77. The summed E-state index contributed by atoms with van der Waals surface area (Å²) in [7, 11) is 0. The summed E-state index contributed by atoms with van der Waals surface area (Å²) in [5.74, 6) is 0. The largest absolute Gasteiger partial charge is 0.338 e. The molecule has 2 saturated heterocycles. The molecule has 5 heteroatoms. The highest BCUT2D eigenvalue weighted by molar-refractivity contribution is 4.89. The Bertz CT molecular complexity index is 257. The minimum Gasteiger partial charge on any atom is -0.338 e. The van der Waals surface area contributed by atoms with Crippen LogP contribution in [0.1, 0.15) is 0 Å². The highest BCUT2D eigenvalue weighted by atomic mass is 16.5. The van der Waals surface area contributed by atoms with Gasteiger partial charge in [-0.2, -0.15) is 0 Å². The van der Waals surface area contributed by atoms with Crippen LogP contribution in [-0.2, 0) is 4.74 Å². The number of ether oxygens (including phenoxy) is 1. The summed E-state index contributed by atoms with van der Waals surface area (Å²) in [4.78, 5) is 4.64. The Morgan fingerprint density at radius 1 is 0.789 bits per heavy atom. The van der Waals surface area contributed by atoms with E-state index in [1.165, 1.54) is 0 Å². The van der Waals surface area contributed by atoms with Crippen LogP contribution in [0.4, 0.5) is 0 Å². The van der Waals surface area contributed by atoms with Gasteiger partial charge in [-0.25, -0.2) is 0 Å². The SMILES string of the molecule is C=CC(OC(C=C)N1CCNCC1)N1CCNCC1. The lowest BCUT2D eigenvalue weighted by Crippen LogP contribution is -2.53. The Labute approximate surface area is 116 Å². The maximum atomic E-state index is 6.19. The van der Waals surface area contributed by atoms with E-state index in [2.05, 4.69) is 33.6 Å². The predicted octanol–water partition coefficient (Wildman–Crippen LogP) is -0.162. The van der Waals surface area contributed by atoms with E-state index in [-0.39, 0.29) is 12.5 Å². The van der Waals surface area contributed by atoms with E-state index in [0.717, 1.165) is 52.4 Å². The van der Waals surface area contributed by atoms with Gasteiger partial charge in [-0.15, -0.1) is 0 Å². The fourth-order valence-electron chi connectivity index (χ4n) is 2.60. The van der Waals surface area contributed by atoms with Crippen LogP contribution < -0.4 is 10.6 Å². The van der Waals surface area contributed by atoms with E-state index in [1.807, 2.05) is 12.2 Å². The van der Waals surface area contributed by atoms with E-state index in [1.54, 1.807) is 0 Å². The molecule has 0 aromatic heterocycles. The summed E-state index contributed by atoms with van der Waals surface area (Å²) >= 11 is 0. The van der Waals surface area contributed by atoms with Crippen molar-refractivity contribution in [2.75, 3.05) is 52.4 Å². The molecule has 2 heterocycles. The normalized spacial score (nSPS) is 25.7. The Morgan fingerprint density at radius 3 is 1.47 bits per heavy atom. The lowest BCUT2D eigenvalue weighted by Gasteiger charge is -2.38. The first-order valence-electron chi connectivity index (χ1n) is 7.15. The molecule has 0 aromatic rings. The third-order valence-corrected chi connectivity index (χ3v) is 3.71. The molecule has 2 N–H and O–H groups in total. The van der Waals surface area contributed by atoms with E-state index in [0.29, 0.717) is 0 Å². The van der Waals surface area contributed by atoms with Gasteiger partial charge in [-0.05, 0) is 12.2 Å². The van der Waals surface area contributed by atoms with E-state index in [4.69, 9.17) is 4.74 Å². The number of hydrogen-bond acceptors (Lipinski definition) is 5. The van der Waals surface area contributed by atoms with Gasteiger partial charge in [0, 0.05) is 52.4 Å². The van der Waals surface area contributed by atoms with E-state index in [9.17, 15) is 0 Å². The molecular weight excluding hydrogens is 240 g/mol. The average Bonchev–Trinajstić information content (AvgIpc) is 2.50. The quantitative estimate of drug-likeness (QED) is 0.654. The number of nitrogens with one attached hydrogen (secondary N) is 2. The zero-order valence-electron chi connectivity index (χ0n) is 11.7. The number of rotatable bonds is 6. The van der Waals surface area contributed by atoms with Gasteiger partial charge in [0.15, 0.2) is 0 Å². The highest BCUT2D eigenvalue weighted by Gasteiger charge is 2.24. The van der Waals surface area contributed by atoms with Crippen molar-refractivity contribution in [1.29, 1.82) is 0 Å². The van der Waals surface area contributed by atoms with E-state index >= 15 is 0 Å². The summed E-state index contributed by atoms with van der Waals surface area (Å²) in [6, 6.07) is 0. The first-order valence-corrected chi connectivity index (χ1v) is 7.15. The topological polar surface area (TPSA) is 39.8 Å². The van der Waals surface area contributed by atoms with Crippen molar-refractivity contribution >= 4 is 0 Å². The number of hydrogen-bond donors (Lipinski definition) is 2. The van der Waals surface area contributed by atoms with Crippen LogP contribution in [0.3, 0.4) is 0 Å². The zero-order chi connectivity index (χ0) is 13.5. The van der Waals surface area contributed by atoms with Crippen LogP contribution in [-0.4, -0.2) is 74.6 Å². The third-order valence-electron chi connectivity index (χ3n) is 3.71. The van der Waals surface area contributed by atoms with Gasteiger partial charge < -0.3 is 15.4 Å². The van der Waals surface area contributed by atoms with E-state index < -0.39 is 0 Å². The van der Waals surface area contributed by atoms with Gasteiger partial charge in [0.05, 0.1) is 0 Å². The lowest BCUT2D eigenvalue weighted by molar-refractivity contribution is -0.116. The molecule has 0 spiro atoms. The Hall–Kier alpha value is -0.720. The van der Waals surface area contributed by atoms with Crippen LogP contribution in [0.2, 0.25) is 0 Å². The fraction of sp³-hybridized carbons (Fsp3) is 0.714. The summed E-state index contributed by atoms with van der Waals surface area (Å²) < 4.78 is 6.19. The van der Waals surface area contributed by atoms with Crippen LogP contribution in [0.15, 0.2) is 25.3 Å². The lowest BCUT2D eigenvalue weighted by atomic mass is 10.3. The van der Waals surface area contributed by atoms with Crippen LogP contribution in [0.25, 0.3) is 0 Å². The smallest absolute Gasteiger partial charge is 0.132 e. The van der Waals surface area contributed by atoms with Crippen LogP contribution in [0.5, 0.6) is 0 Å². The van der Waals surface area contributed by atoms with Crippen molar-refractivity contribution in [3.05, 3.63) is 25.3 Å². The van der Waals surface area contributed by atoms with Gasteiger partial charge >= 0.3 is 0 Å². The van der Waals surface area contributed by atoms with Gasteiger partial charge in [0.1, 0.15) is 12.5 Å². The molecule has 2 aliphatic rings. The third kappa shape index (κ3) is 4.12. The van der Waals surface area contributed by atoms with Crippen molar-refractivity contribution in [2.45, 2.75) is 12.5 Å². The minimum atomic E-state index is -0.0278. The fourth-order valence-corrected chi connectivity index (χ4v) is 2.60. The van der Waals surface area contributed by atoms with Gasteiger partial charge in [-0.1, -0.05) is 13.2 Å². The number of nitrogens with zero attached hydrogens (tertiary/aromatic N) is 2. The summed E-state index contributed by atoms with van der Waals surface area (Å²) in [5.41, 5.74) is 0. The predicted molar refractivity (Wildman–Crippen MR) is 77.9 cm³/mol. The molecule has 0 bridgehead atoms. The molecular formula is C14H26N4O. The molecule has 0 amide bonds. The molecule has 2 fully saturated rings. The molecule has 2 atom stereocenters. The molecule has 0 aromatic carbocycles.